The first kappa shape index (κ1) is 20.9. The lowest BCUT2D eigenvalue weighted by Crippen LogP contribution is -2.27. The fraction of sp³-hybridized carbons (Fsp3) is 0.222. The number of hydrogen-bond donors (Lipinski definition) is 3. The van der Waals surface area contributed by atoms with Gasteiger partial charge in [-0.05, 0) is 61.4 Å². The van der Waals surface area contributed by atoms with Crippen LogP contribution in [0.1, 0.15) is 27.9 Å². The van der Waals surface area contributed by atoms with Crippen molar-refractivity contribution in [2.75, 3.05) is 11.9 Å². The van der Waals surface area contributed by atoms with Crippen LogP contribution in [0.2, 0.25) is 5.02 Å². The second-order valence-corrected chi connectivity index (χ2v) is 8.02. The van der Waals surface area contributed by atoms with Crippen molar-refractivity contribution in [3.63, 3.8) is 0 Å². The van der Waals surface area contributed by atoms with Gasteiger partial charge < -0.3 is 10.6 Å². The van der Waals surface area contributed by atoms with E-state index < -0.39 is 10.0 Å². The van der Waals surface area contributed by atoms with Crippen molar-refractivity contribution in [3.8, 4) is 0 Å². The Hall–Kier alpha value is -2.42. The number of hydrogen-bond acceptors (Lipinski definition) is 4. The van der Waals surface area contributed by atoms with Crippen molar-refractivity contribution < 1.29 is 18.0 Å². The number of nitrogens with two attached hydrogens (primary N) is 1. The molecule has 0 aliphatic heterocycles. The number of sulfonamides is 1. The van der Waals surface area contributed by atoms with Gasteiger partial charge in [0.25, 0.3) is 5.91 Å². The zero-order chi connectivity index (χ0) is 20.2. The number of benzene rings is 2. The molecule has 0 unspecified atom stereocenters. The van der Waals surface area contributed by atoms with Crippen molar-refractivity contribution in [1.82, 2.24) is 5.32 Å². The minimum Gasteiger partial charge on any atom is -0.352 e. The molecule has 0 atom stereocenters. The Morgan fingerprint density at radius 1 is 1.11 bits per heavy atom. The van der Waals surface area contributed by atoms with Crippen LogP contribution in [0.15, 0.2) is 41.3 Å². The van der Waals surface area contributed by atoms with Crippen LogP contribution in [0, 0.1) is 13.8 Å². The van der Waals surface area contributed by atoms with E-state index in [1.54, 1.807) is 38.1 Å². The lowest BCUT2D eigenvalue weighted by atomic mass is 10.1. The monoisotopic (exact) mass is 409 g/mol. The van der Waals surface area contributed by atoms with E-state index in [0.29, 0.717) is 21.8 Å². The molecule has 0 fully saturated rings. The van der Waals surface area contributed by atoms with Gasteiger partial charge in [0, 0.05) is 29.2 Å². The van der Waals surface area contributed by atoms with Crippen LogP contribution in [0.25, 0.3) is 0 Å². The van der Waals surface area contributed by atoms with Gasteiger partial charge in [-0.2, -0.15) is 0 Å². The van der Waals surface area contributed by atoms with Crippen LogP contribution in [0.3, 0.4) is 0 Å². The first-order valence-corrected chi connectivity index (χ1v) is 9.98. The second-order valence-electron chi connectivity index (χ2n) is 6.02. The van der Waals surface area contributed by atoms with E-state index in [4.69, 9.17) is 16.7 Å². The van der Waals surface area contributed by atoms with E-state index in [1.165, 1.54) is 12.1 Å². The van der Waals surface area contributed by atoms with Gasteiger partial charge in [0.2, 0.25) is 15.9 Å². The van der Waals surface area contributed by atoms with Crippen LogP contribution in [0.4, 0.5) is 5.69 Å². The third-order valence-corrected chi connectivity index (χ3v) is 5.13. The van der Waals surface area contributed by atoms with Gasteiger partial charge >= 0.3 is 0 Å². The summed E-state index contributed by atoms with van der Waals surface area (Å²) in [4.78, 5) is 24.0. The molecule has 2 aromatic carbocycles. The number of aryl methyl sites for hydroxylation is 1. The summed E-state index contributed by atoms with van der Waals surface area (Å²) >= 11 is 5.77. The van der Waals surface area contributed by atoms with Crippen LogP contribution >= 0.6 is 11.6 Å². The van der Waals surface area contributed by atoms with Crippen LogP contribution in [0.5, 0.6) is 0 Å². The summed E-state index contributed by atoms with van der Waals surface area (Å²) < 4.78 is 23.1. The molecule has 0 spiro atoms. The quantitative estimate of drug-likeness (QED) is 0.678. The molecule has 0 radical (unpaired) electrons. The highest BCUT2D eigenvalue weighted by atomic mass is 35.5. The Labute approximate surface area is 163 Å². The highest BCUT2D eigenvalue weighted by Gasteiger charge is 2.14. The highest BCUT2D eigenvalue weighted by molar-refractivity contribution is 7.89. The fourth-order valence-corrected chi connectivity index (χ4v) is 3.08. The molecule has 0 saturated heterocycles. The minimum absolute atomic E-state index is 0.0252. The highest BCUT2D eigenvalue weighted by Crippen LogP contribution is 2.23. The van der Waals surface area contributed by atoms with Gasteiger partial charge in [-0.3, -0.25) is 9.59 Å². The summed E-state index contributed by atoms with van der Waals surface area (Å²) in [6, 6.07) is 9.15. The molecule has 0 aromatic heterocycles. The molecular formula is C18H20ClN3O4S. The molecule has 7 nitrogen and oxygen atoms in total. The van der Waals surface area contributed by atoms with Crippen molar-refractivity contribution >= 4 is 39.1 Å². The zero-order valence-corrected chi connectivity index (χ0v) is 16.4. The van der Waals surface area contributed by atoms with Crippen LogP contribution < -0.4 is 15.8 Å². The molecule has 2 amide bonds. The Morgan fingerprint density at radius 2 is 1.74 bits per heavy atom. The molecule has 27 heavy (non-hydrogen) atoms. The Morgan fingerprint density at radius 3 is 2.33 bits per heavy atom. The standard InChI is InChI=1S/C18H20ClN3O4S/c1-11-9-15(27(20,25)26)10-16(12(11)2)22-17(23)7-8-21-18(24)13-3-5-14(19)6-4-13/h3-6,9-10H,7-8H2,1-2H3,(H,21,24)(H,22,23)(H2,20,25,26). The summed E-state index contributed by atoms with van der Waals surface area (Å²) in [6.07, 6.45) is 0.0252. The number of primary sulfonamides is 1. The molecule has 144 valence electrons. The third-order valence-electron chi connectivity index (χ3n) is 3.99. The van der Waals surface area contributed by atoms with Gasteiger partial charge in [-0.15, -0.1) is 0 Å². The largest absolute Gasteiger partial charge is 0.352 e. The SMILES string of the molecule is Cc1cc(S(N)(=O)=O)cc(NC(=O)CCNC(=O)c2ccc(Cl)cc2)c1C. The fourth-order valence-electron chi connectivity index (χ4n) is 2.33. The van der Waals surface area contributed by atoms with Crippen molar-refractivity contribution in [1.29, 1.82) is 0 Å². The molecular weight excluding hydrogens is 390 g/mol. The van der Waals surface area contributed by atoms with E-state index in [0.717, 1.165) is 5.56 Å². The number of anilines is 1. The van der Waals surface area contributed by atoms with Crippen LogP contribution in [-0.2, 0) is 14.8 Å². The Balaban J connectivity index is 1.97. The summed E-state index contributed by atoms with van der Waals surface area (Å²) in [7, 11) is -3.88. The maximum atomic E-state index is 12.1. The van der Waals surface area contributed by atoms with Crippen molar-refractivity contribution in [2.45, 2.75) is 25.2 Å². The molecule has 9 heteroatoms. The van der Waals surface area contributed by atoms with Crippen LogP contribution in [-0.4, -0.2) is 26.8 Å². The van der Waals surface area contributed by atoms with Gasteiger partial charge in [0.15, 0.2) is 0 Å². The average molecular weight is 410 g/mol. The number of carbonyl (C=O) groups excluding carboxylic acids is 2. The molecule has 4 N–H and O–H groups in total. The molecule has 0 saturated carbocycles. The summed E-state index contributed by atoms with van der Waals surface area (Å²) in [6.45, 7) is 3.62. The van der Waals surface area contributed by atoms with Gasteiger partial charge in [-0.1, -0.05) is 11.6 Å². The normalized spacial score (nSPS) is 11.1. The third kappa shape index (κ3) is 5.78. The predicted molar refractivity (Wildman–Crippen MR) is 104 cm³/mol. The van der Waals surface area contributed by atoms with Gasteiger partial charge in [0.05, 0.1) is 4.90 Å². The number of carbonyl (C=O) groups is 2. The molecule has 0 aliphatic rings. The van der Waals surface area contributed by atoms with Gasteiger partial charge in [0.1, 0.15) is 0 Å². The smallest absolute Gasteiger partial charge is 0.251 e. The molecule has 2 rings (SSSR count). The van der Waals surface area contributed by atoms with E-state index in [9.17, 15) is 18.0 Å². The lowest BCUT2D eigenvalue weighted by molar-refractivity contribution is -0.116. The number of amides is 2. The zero-order valence-electron chi connectivity index (χ0n) is 14.9. The number of rotatable bonds is 6. The van der Waals surface area contributed by atoms with E-state index in [1.807, 2.05) is 0 Å². The molecule has 0 heterocycles. The van der Waals surface area contributed by atoms with E-state index in [-0.39, 0.29) is 29.7 Å². The topological polar surface area (TPSA) is 118 Å². The number of nitrogens with one attached hydrogen (secondary N) is 2. The summed E-state index contributed by atoms with van der Waals surface area (Å²) in [5.41, 5.74) is 2.23. The Bertz CT molecular complexity index is 973. The predicted octanol–water partition coefficient (Wildman–Crippen LogP) is 2.36. The minimum atomic E-state index is -3.88. The molecule has 0 aliphatic carbocycles. The summed E-state index contributed by atoms with van der Waals surface area (Å²) in [5, 5.41) is 11.0. The van der Waals surface area contributed by atoms with Gasteiger partial charge in [-0.25, -0.2) is 13.6 Å². The van der Waals surface area contributed by atoms with Crippen molar-refractivity contribution in [2.24, 2.45) is 5.14 Å². The average Bonchev–Trinajstić information content (AvgIpc) is 2.58. The lowest BCUT2D eigenvalue weighted by Gasteiger charge is -2.13. The Kier molecular flexibility index (Phi) is 6.59. The maximum absolute atomic E-state index is 12.1. The van der Waals surface area contributed by atoms with E-state index >= 15 is 0 Å². The first-order valence-electron chi connectivity index (χ1n) is 8.05. The maximum Gasteiger partial charge on any atom is 0.251 e. The number of halogens is 1. The molecule has 0 bridgehead atoms. The second kappa shape index (κ2) is 8.51. The molecule has 2 aromatic rings. The summed E-state index contributed by atoms with van der Waals surface area (Å²) in [5.74, 6) is -0.678. The van der Waals surface area contributed by atoms with E-state index in [2.05, 4.69) is 10.6 Å². The van der Waals surface area contributed by atoms with Crippen molar-refractivity contribution in [3.05, 3.63) is 58.1 Å². The first-order chi connectivity index (χ1) is 12.6.